The SMILES string of the molecule is CC[C@@H]1C=C[C@@H](NC(=O)OCc2ccccc2)[C@@H](O[C@H]2[C@H](O[C@@H]3O[C@H](CO)[C@@H](O[C@H]4O[C@@H](CNC(=O)OCc5ccccc5)C=C[C@H]4NC(=O)OCc4ccccc4)[C@H]3O)[C@@H](O)[C@H](CC(=O)[C@H](C)C(F)(F)CN=[N+]=[N-])C[C@@H]2C)O1. The first-order valence-electron chi connectivity index (χ1n) is 26.1. The van der Waals surface area contributed by atoms with Gasteiger partial charge in [-0.2, -0.15) is 0 Å². The number of benzene rings is 3. The Morgan fingerprint density at radius 2 is 1.20 bits per heavy atom. The van der Waals surface area contributed by atoms with Crippen LogP contribution in [0.25, 0.3) is 10.4 Å². The lowest BCUT2D eigenvalue weighted by Crippen LogP contribution is -2.59. The van der Waals surface area contributed by atoms with Gasteiger partial charge in [-0.15, -0.1) is 0 Å². The number of ketones is 1. The first-order valence-corrected chi connectivity index (χ1v) is 26.1. The average Bonchev–Trinajstić information content (AvgIpc) is 3.85. The smallest absolute Gasteiger partial charge is 0.408 e. The molecule has 1 saturated carbocycles. The molecule has 3 amide bonds. The van der Waals surface area contributed by atoms with E-state index in [1.807, 2.05) is 25.1 Å². The number of hydrogen-bond acceptors (Lipinski definition) is 17. The standard InChI is InChI=1S/C55H68F2N6O16/c1-4-38-20-22-40(61-53(69)72-29-35-16-10-6-11-17-35)49(74-38)77-46-32(2)24-37(25-42(65)33(3)55(56,57)31-60-63-58)44(66)48(46)79-51-45(67)47(43(27-64)76-51)78-50-41(62-54(70)73-30-36-18-12-7-13-19-36)23-21-39(75-50)26-59-52(68)71-28-34-14-8-5-9-15-34/h5-23,32-33,37-41,43-51,64,66-67H,4,24-31H2,1-3H3,(H,59,68)(H,61,69)(H,62,70)/t32-,33-,37-,38+,39+,40+,41+,43+,44-,45+,46+,47+,48+,49+,50+,51-/m0/s1. The number of rotatable bonds is 24. The lowest BCUT2D eigenvalue weighted by molar-refractivity contribution is -0.291. The van der Waals surface area contributed by atoms with Crippen LogP contribution in [0.4, 0.5) is 23.2 Å². The number of alkyl carbamates (subject to hydrolysis) is 3. The fourth-order valence-electron chi connectivity index (χ4n) is 9.49. The quantitative estimate of drug-likeness (QED) is 0.0189. The molecular weight excluding hydrogens is 1040 g/mol. The lowest BCUT2D eigenvalue weighted by Gasteiger charge is -2.46. The predicted molar refractivity (Wildman–Crippen MR) is 275 cm³/mol. The van der Waals surface area contributed by atoms with Crippen molar-refractivity contribution in [1.29, 1.82) is 0 Å². The molecule has 7 rings (SSSR count). The van der Waals surface area contributed by atoms with Gasteiger partial charge in [0.05, 0.1) is 50.0 Å². The van der Waals surface area contributed by atoms with Crippen LogP contribution in [0.3, 0.4) is 0 Å². The van der Waals surface area contributed by atoms with Crippen molar-refractivity contribution in [2.45, 2.75) is 146 Å². The lowest BCUT2D eigenvalue weighted by atomic mass is 9.73. The van der Waals surface area contributed by atoms with Crippen LogP contribution in [-0.4, -0.2) is 145 Å². The number of nitrogens with zero attached hydrogens (tertiary/aromatic N) is 3. The van der Waals surface area contributed by atoms with Gasteiger partial charge >= 0.3 is 18.3 Å². The molecule has 79 heavy (non-hydrogen) atoms. The van der Waals surface area contributed by atoms with Gasteiger partial charge in [0.2, 0.25) is 0 Å². The van der Waals surface area contributed by atoms with Crippen LogP contribution < -0.4 is 16.0 Å². The monoisotopic (exact) mass is 1110 g/mol. The number of alkyl halides is 2. The Morgan fingerprint density at radius 3 is 1.72 bits per heavy atom. The number of amides is 3. The number of aliphatic hydroxyl groups is 3. The van der Waals surface area contributed by atoms with Crippen LogP contribution in [0.2, 0.25) is 0 Å². The Balaban J connectivity index is 1.10. The molecule has 3 aromatic rings. The second kappa shape index (κ2) is 29.1. The number of aliphatic hydroxyl groups excluding tert-OH is 3. The molecule has 4 aliphatic rings. The van der Waals surface area contributed by atoms with Gasteiger partial charge in [0.15, 0.2) is 18.9 Å². The van der Waals surface area contributed by atoms with Crippen molar-refractivity contribution in [3.8, 4) is 0 Å². The number of azide groups is 1. The van der Waals surface area contributed by atoms with Crippen LogP contribution >= 0.6 is 0 Å². The van der Waals surface area contributed by atoms with Gasteiger partial charge < -0.3 is 73.9 Å². The van der Waals surface area contributed by atoms with E-state index in [-0.39, 0.29) is 32.8 Å². The van der Waals surface area contributed by atoms with E-state index >= 15 is 8.78 Å². The highest BCUT2D eigenvalue weighted by molar-refractivity contribution is 5.82. The van der Waals surface area contributed by atoms with Gasteiger partial charge in [-0.25, -0.2) is 23.2 Å². The van der Waals surface area contributed by atoms with Crippen molar-refractivity contribution < 1.29 is 85.9 Å². The highest BCUT2D eigenvalue weighted by Crippen LogP contribution is 2.41. The molecule has 1 saturated heterocycles. The van der Waals surface area contributed by atoms with Gasteiger partial charge in [-0.05, 0) is 53.8 Å². The Labute approximate surface area is 455 Å². The molecule has 3 heterocycles. The van der Waals surface area contributed by atoms with E-state index in [0.29, 0.717) is 12.0 Å². The highest BCUT2D eigenvalue weighted by atomic mass is 19.3. The van der Waals surface area contributed by atoms with Crippen molar-refractivity contribution in [2.75, 3.05) is 19.7 Å². The van der Waals surface area contributed by atoms with E-state index in [1.165, 1.54) is 6.08 Å². The zero-order chi connectivity index (χ0) is 56.5. The predicted octanol–water partition coefficient (Wildman–Crippen LogP) is 6.27. The van der Waals surface area contributed by atoms with E-state index in [0.717, 1.165) is 18.1 Å². The summed E-state index contributed by atoms with van der Waals surface area (Å²) in [6, 6.07) is 24.9. The molecule has 1 aliphatic carbocycles. The molecule has 0 spiro atoms. The largest absolute Gasteiger partial charge is 0.445 e. The zero-order valence-corrected chi connectivity index (χ0v) is 43.8. The maximum absolute atomic E-state index is 15.1. The number of halogens is 2. The highest BCUT2D eigenvalue weighted by Gasteiger charge is 2.54. The summed E-state index contributed by atoms with van der Waals surface area (Å²) in [5, 5.41) is 46.1. The minimum absolute atomic E-state index is 0.00229. The summed E-state index contributed by atoms with van der Waals surface area (Å²) >= 11 is 0. The van der Waals surface area contributed by atoms with Gasteiger partial charge in [0, 0.05) is 11.3 Å². The van der Waals surface area contributed by atoms with Gasteiger partial charge in [0.1, 0.15) is 62.1 Å². The molecule has 24 heteroatoms. The molecule has 0 unspecified atom stereocenters. The summed E-state index contributed by atoms with van der Waals surface area (Å²) in [6.45, 7) is 2.29. The van der Waals surface area contributed by atoms with E-state index in [9.17, 15) is 34.5 Å². The Morgan fingerprint density at radius 1 is 0.709 bits per heavy atom. The van der Waals surface area contributed by atoms with Crippen LogP contribution in [-0.2, 0) is 67.2 Å². The normalized spacial score (nSPS) is 29.8. The number of Topliss-reactive ketones (excluding diaryl/α,β-unsaturated/α-hetero) is 1. The maximum Gasteiger partial charge on any atom is 0.408 e. The maximum atomic E-state index is 15.1. The molecule has 3 aromatic carbocycles. The minimum atomic E-state index is -3.71. The zero-order valence-electron chi connectivity index (χ0n) is 43.8. The van der Waals surface area contributed by atoms with Crippen LogP contribution in [0.1, 0.15) is 56.7 Å². The molecule has 22 nitrogen and oxygen atoms in total. The molecule has 2 fully saturated rings. The van der Waals surface area contributed by atoms with Crippen LogP contribution in [0.15, 0.2) is 120 Å². The van der Waals surface area contributed by atoms with E-state index in [4.69, 9.17) is 48.2 Å². The Bertz CT molecular complexity index is 2550. The molecule has 16 atom stereocenters. The van der Waals surface area contributed by atoms with Crippen molar-refractivity contribution in [3.63, 3.8) is 0 Å². The number of nitrogens with one attached hydrogen (secondary N) is 3. The molecule has 0 aromatic heterocycles. The van der Waals surface area contributed by atoms with E-state index in [2.05, 4.69) is 26.0 Å². The molecule has 428 valence electrons. The first-order chi connectivity index (χ1) is 38.0. The first kappa shape index (κ1) is 60.1. The third-order valence-electron chi connectivity index (χ3n) is 14.0. The second-order valence-electron chi connectivity index (χ2n) is 19.7. The van der Waals surface area contributed by atoms with Crippen LogP contribution in [0, 0.1) is 17.8 Å². The van der Waals surface area contributed by atoms with Gasteiger partial charge in [0.25, 0.3) is 5.92 Å². The molecule has 0 radical (unpaired) electrons. The van der Waals surface area contributed by atoms with Crippen molar-refractivity contribution in [2.24, 2.45) is 22.9 Å². The average molecular weight is 1110 g/mol. The van der Waals surface area contributed by atoms with E-state index < -0.39 is 147 Å². The van der Waals surface area contributed by atoms with Crippen molar-refractivity contribution in [3.05, 3.63) is 142 Å². The molecular formula is C55H68F2N6O16. The molecule has 3 aliphatic heterocycles. The summed E-state index contributed by atoms with van der Waals surface area (Å²) in [7, 11) is 0. The molecule has 6 N–H and O–H groups in total. The fourth-order valence-corrected chi connectivity index (χ4v) is 9.49. The minimum Gasteiger partial charge on any atom is -0.445 e. The Hall–Kier alpha value is -6.57. The third-order valence-corrected chi connectivity index (χ3v) is 14.0. The van der Waals surface area contributed by atoms with E-state index in [1.54, 1.807) is 97.9 Å². The summed E-state index contributed by atoms with van der Waals surface area (Å²) in [5.74, 6) is -8.25. The van der Waals surface area contributed by atoms with Gasteiger partial charge in [-0.3, -0.25) is 4.79 Å². The topological polar surface area (TPSA) is 297 Å². The second-order valence-corrected chi connectivity index (χ2v) is 19.7. The Kier molecular flexibility index (Phi) is 22.1. The summed E-state index contributed by atoms with van der Waals surface area (Å²) < 4.78 is 84.5. The summed E-state index contributed by atoms with van der Waals surface area (Å²) in [6.07, 6.45) is -10.8. The van der Waals surface area contributed by atoms with Crippen molar-refractivity contribution in [1.82, 2.24) is 16.0 Å². The fraction of sp³-hybridized carbons (Fsp3) is 0.527. The number of carbonyl (C=O) groups is 4. The van der Waals surface area contributed by atoms with Crippen molar-refractivity contribution >= 4 is 24.1 Å². The third kappa shape index (κ3) is 17.0. The van der Waals surface area contributed by atoms with Gasteiger partial charge in [-0.1, -0.05) is 134 Å². The number of ether oxygens (including phenoxy) is 9. The molecule has 0 bridgehead atoms. The summed E-state index contributed by atoms with van der Waals surface area (Å²) in [5.41, 5.74) is 10.9. The van der Waals surface area contributed by atoms with Crippen LogP contribution in [0.5, 0.6) is 0 Å². The number of carbonyl (C=O) groups excluding carboxylic acids is 4. The number of hydrogen-bond donors (Lipinski definition) is 6. The summed E-state index contributed by atoms with van der Waals surface area (Å²) in [4.78, 5) is 55.1.